The van der Waals surface area contributed by atoms with Crippen LogP contribution in [0.25, 0.3) is 10.9 Å². The molecule has 1 saturated heterocycles. The predicted molar refractivity (Wildman–Crippen MR) is 129 cm³/mol. The highest BCUT2D eigenvalue weighted by Crippen LogP contribution is 2.44. The zero-order valence-electron chi connectivity index (χ0n) is 20.1. The van der Waals surface area contributed by atoms with Crippen molar-refractivity contribution in [3.63, 3.8) is 0 Å². The molecule has 2 atom stereocenters. The summed E-state index contributed by atoms with van der Waals surface area (Å²) in [5.74, 6) is -0.0699. The second-order valence-corrected chi connectivity index (χ2v) is 12.0. The van der Waals surface area contributed by atoms with E-state index in [1.165, 1.54) is 25.3 Å². The Morgan fingerprint density at radius 3 is 2.44 bits per heavy atom. The van der Waals surface area contributed by atoms with Crippen LogP contribution in [0.15, 0.2) is 46.2 Å². The fourth-order valence-electron chi connectivity index (χ4n) is 5.30. The number of hydrogen-bond acceptors (Lipinski definition) is 6. The van der Waals surface area contributed by atoms with Gasteiger partial charge in [-0.3, -0.25) is 0 Å². The molecule has 1 fully saturated rings. The number of esters is 1. The molecule has 5 rings (SSSR count). The van der Waals surface area contributed by atoms with Crippen LogP contribution in [0.4, 0.5) is 0 Å². The summed E-state index contributed by atoms with van der Waals surface area (Å²) in [5.41, 5.74) is 2.37. The SMILES string of the molecule is COc1ccc(S(=O)(=O)c2ccc3c(c2C(=O)OC(C)(C)C)c2c(n3C)CC3CCC2N3)cc1. The van der Waals surface area contributed by atoms with Crippen LogP contribution in [0.3, 0.4) is 0 Å². The first-order valence-corrected chi connectivity index (χ1v) is 13.0. The van der Waals surface area contributed by atoms with Crippen molar-refractivity contribution in [2.45, 2.75) is 67.5 Å². The van der Waals surface area contributed by atoms with Gasteiger partial charge in [-0.1, -0.05) is 0 Å². The second-order valence-electron chi connectivity index (χ2n) is 10.1. The smallest absolute Gasteiger partial charge is 0.340 e. The van der Waals surface area contributed by atoms with Gasteiger partial charge < -0.3 is 19.4 Å². The van der Waals surface area contributed by atoms with E-state index in [0.29, 0.717) is 17.2 Å². The van der Waals surface area contributed by atoms with Crippen molar-refractivity contribution in [1.82, 2.24) is 9.88 Å². The van der Waals surface area contributed by atoms with E-state index in [0.717, 1.165) is 36.0 Å². The van der Waals surface area contributed by atoms with E-state index in [1.807, 2.05) is 13.1 Å². The fourth-order valence-corrected chi connectivity index (χ4v) is 6.75. The first-order valence-electron chi connectivity index (χ1n) is 11.5. The lowest BCUT2D eigenvalue weighted by atomic mass is 9.96. The maximum absolute atomic E-state index is 13.8. The van der Waals surface area contributed by atoms with Crippen molar-refractivity contribution < 1.29 is 22.7 Å². The zero-order chi connectivity index (χ0) is 24.4. The second kappa shape index (κ2) is 7.85. The number of aromatic nitrogens is 1. The van der Waals surface area contributed by atoms with Crippen LogP contribution in [-0.2, 0) is 28.0 Å². The number of carbonyl (C=O) groups excluding carboxylic acids is 1. The molecule has 34 heavy (non-hydrogen) atoms. The Morgan fingerprint density at radius 2 is 1.79 bits per heavy atom. The van der Waals surface area contributed by atoms with Crippen LogP contribution < -0.4 is 10.1 Å². The summed E-state index contributed by atoms with van der Waals surface area (Å²) in [6.45, 7) is 5.35. The van der Waals surface area contributed by atoms with Crippen LogP contribution in [0.5, 0.6) is 5.75 Å². The first kappa shape index (κ1) is 22.9. The Morgan fingerprint density at radius 1 is 1.09 bits per heavy atom. The van der Waals surface area contributed by atoms with E-state index >= 15 is 0 Å². The Kier molecular flexibility index (Phi) is 5.29. The number of nitrogens with zero attached hydrogens (tertiary/aromatic N) is 1. The summed E-state index contributed by atoms with van der Waals surface area (Å²) in [6.07, 6.45) is 2.87. The zero-order valence-corrected chi connectivity index (χ0v) is 21.0. The van der Waals surface area contributed by atoms with Gasteiger partial charge in [0.15, 0.2) is 0 Å². The average molecular weight is 483 g/mol. The van der Waals surface area contributed by atoms with Gasteiger partial charge in [0.25, 0.3) is 0 Å². The predicted octanol–water partition coefficient (Wildman–Crippen LogP) is 4.32. The lowest BCUT2D eigenvalue weighted by Crippen LogP contribution is -2.32. The number of nitrogens with one attached hydrogen (secondary N) is 1. The van der Waals surface area contributed by atoms with Gasteiger partial charge in [-0.2, -0.15) is 0 Å². The highest BCUT2D eigenvalue weighted by atomic mass is 32.2. The molecule has 7 nitrogen and oxygen atoms in total. The van der Waals surface area contributed by atoms with Crippen LogP contribution in [0.2, 0.25) is 0 Å². The van der Waals surface area contributed by atoms with E-state index < -0.39 is 21.4 Å². The molecule has 8 heteroatoms. The van der Waals surface area contributed by atoms with E-state index in [2.05, 4.69) is 9.88 Å². The van der Waals surface area contributed by atoms with Gasteiger partial charge in [0.05, 0.1) is 22.5 Å². The molecule has 2 aliphatic rings. The molecular formula is C26H30N2O5S. The van der Waals surface area contributed by atoms with Gasteiger partial charge in [0.1, 0.15) is 11.4 Å². The minimum atomic E-state index is -4.00. The molecule has 0 spiro atoms. The largest absolute Gasteiger partial charge is 0.497 e. The average Bonchev–Trinajstić information content (AvgIpc) is 3.30. The number of hydrogen-bond donors (Lipinski definition) is 1. The molecule has 2 unspecified atom stereocenters. The number of methoxy groups -OCH3 is 1. The minimum Gasteiger partial charge on any atom is -0.497 e. The summed E-state index contributed by atoms with van der Waals surface area (Å²) in [4.78, 5) is 13.7. The van der Waals surface area contributed by atoms with Crippen molar-refractivity contribution in [2.24, 2.45) is 7.05 Å². The van der Waals surface area contributed by atoms with Crippen LogP contribution in [-0.4, -0.2) is 37.7 Å². The molecule has 0 amide bonds. The monoisotopic (exact) mass is 482 g/mol. The summed E-state index contributed by atoms with van der Waals surface area (Å²) >= 11 is 0. The van der Waals surface area contributed by atoms with Crippen LogP contribution in [0.1, 0.15) is 61.3 Å². The Balaban J connectivity index is 1.80. The third kappa shape index (κ3) is 3.60. The van der Waals surface area contributed by atoms with E-state index in [-0.39, 0.29) is 21.4 Å². The molecule has 180 valence electrons. The number of sulfone groups is 1. The van der Waals surface area contributed by atoms with Crippen molar-refractivity contribution >= 4 is 26.7 Å². The highest BCUT2D eigenvalue weighted by molar-refractivity contribution is 7.91. The Labute approximate surface area is 200 Å². The normalized spacial score (nSPS) is 19.8. The number of ether oxygens (including phenoxy) is 2. The summed E-state index contributed by atoms with van der Waals surface area (Å²) in [5, 5.41) is 4.32. The van der Waals surface area contributed by atoms with Crippen LogP contribution in [0, 0.1) is 0 Å². The maximum atomic E-state index is 13.8. The van der Waals surface area contributed by atoms with Crippen molar-refractivity contribution in [3.05, 3.63) is 53.2 Å². The first-order chi connectivity index (χ1) is 16.0. The van der Waals surface area contributed by atoms with E-state index in [4.69, 9.17) is 9.47 Å². The lowest BCUT2D eigenvalue weighted by molar-refractivity contribution is 0.00675. The number of fused-ring (bicyclic) bond motifs is 6. The quantitative estimate of drug-likeness (QED) is 0.557. The van der Waals surface area contributed by atoms with E-state index in [9.17, 15) is 13.2 Å². The van der Waals surface area contributed by atoms with Gasteiger partial charge in [-0.25, -0.2) is 13.2 Å². The molecule has 2 aromatic carbocycles. The van der Waals surface area contributed by atoms with Crippen LogP contribution >= 0.6 is 0 Å². The van der Waals surface area contributed by atoms with Gasteiger partial charge >= 0.3 is 5.97 Å². The van der Waals surface area contributed by atoms with Gasteiger partial charge in [0.2, 0.25) is 9.84 Å². The Bertz CT molecular complexity index is 1400. The molecule has 1 aromatic heterocycles. The standard InChI is InChI=1S/C26H30N2O5S/c1-26(2,3)33-25(29)24-21(34(30,31)17-9-7-16(32-5)8-10-17)13-12-19-23(24)22-18-11-6-15(27-18)14-20(22)28(19)4/h7-10,12-13,15,18,27H,6,11,14H2,1-5H3. The molecular weight excluding hydrogens is 452 g/mol. The molecule has 2 aliphatic heterocycles. The highest BCUT2D eigenvalue weighted by Gasteiger charge is 2.39. The number of aryl methyl sites for hydroxylation is 1. The van der Waals surface area contributed by atoms with Gasteiger partial charge in [0, 0.05) is 42.1 Å². The lowest BCUT2D eigenvalue weighted by Gasteiger charge is -2.24. The minimum absolute atomic E-state index is 0.0343. The molecule has 3 heterocycles. The summed E-state index contributed by atoms with van der Waals surface area (Å²) < 4.78 is 40.7. The number of carbonyl (C=O) groups is 1. The van der Waals surface area contributed by atoms with Crippen molar-refractivity contribution in [2.75, 3.05) is 7.11 Å². The summed E-state index contributed by atoms with van der Waals surface area (Å²) in [7, 11) is -0.489. The molecule has 0 saturated carbocycles. The third-order valence-electron chi connectivity index (χ3n) is 6.78. The number of benzene rings is 2. The van der Waals surface area contributed by atoms with E-state index in [1.54, 1.807) is 32.9 Å². The fraction of sp³-hybridized carbons (Fsp3) is 0.423. The third-order valence-corrected chi connectivity index (χ3v) is 8.59. The molecule has 2 bridgehead atoms. The maximum Gasteiger partial charge on any atom is 0.340 e. The molecule has 0 aliphatic carbocycles. The summed E-state index contributed by atoms with van der Waals surface area (Å²) in [6, 6.07) is 10.1. The van der Waals surface area contributed by atoms with Crippen molar-refractivity contribution in [1.29, 1.82) is 0 Å². The molecule has 1 N–H and O–H groups in total. The van der Waals surface area contributed by atoms with Gasteiger partial charge in [-0.05, 0) is 75.6 Å². The van der Waals surface area contributed by atoms with Crippen molar-refractivity contribution in [3.8, 4) is 5.75 Å². The molecule has 0 radical (unpaired) electrons. The Hall–Kier alpha value is -2.84. The van der Waals surface area contributed by atoms with Gasteiger partial charge in [-0.15, -0.1) is 0 Å². The number of rotatable bonds is 4. The topological polar surface area (TPSA) is 86.6 Å². The molecule has 3 aromatic rings.